The third-order valence-electron chi connectivity index (χ3n) is 10.7. The van der Waals surface area contributed by atoms with Crippen molar-refractivity contribution in [2.45, 2.75) is 80.6 Å². The Balaban J connectivity index is 0.00000523. The van der Waals surface area contributed by atoms with Crippen molar-refractivity contribution in [3.63, 3.8) is 0 Å². The van der Waals surface area contributed by atoms with E-state index in [0.29, 0.717) is 40.2 Å². The van der Waals surface area contributed by atoms with Gasteiger partial charge in [0.25, 0.3) is 0 Å². The van der Waals surface area contributed by atoms with Crippen molar-refractivity contribution in [1.82, 2.24) is 15.0 Å². The number of hydrogen-bond acceptors (Lipinski definition) is 5. The molecule has 0 aromatic carbocycles. The zero-order valence-corrected chi connectivity index (χ0v) is 33.0. The summed E-state index contributed by atoms with van der Waals surface area (Å²) in [5.41, 5.74) is 10.6. The van der Waals surface area contributed by atoms with Gasteiger partial charge < -0.3 is 29.7 Å². The summed E-state index contributed by atoms with van der Waals surface area (Å²) in [4.78, 5) is 55.8. The smallest absolute Gasteiger partial charge is 0.664 e. The summed E-state index contributed by atoms with van der Waals surface area (Å²) in [6.07, 6.45) is 12.9. The Kier molecular flexibility index (Phi) is 11.8. The zero-order valence-electron chi connectivity index (χ0n) is 31.6. The maximum absolute atomic E-state index is 14.2. The average Bonchev–Trinajstić information content (AvgIpc) is 3.84. The first-order valence-corrected chi connectivity index (χ1v) is 17.9. The molecule has 0 spiro atoms. The maximum atomic E-state index is 14.2. The number of methoxy groups -OCH3 is 1. The van der Waals surface area contributed by atoms with Crippen LogP contribution in [-0.2, 0) is 25.5 Å². The largest absolute Gasteiger partial charge is 2.00 e. The van der Waals surface area contributed by atoms with Gasteiger partial charge in [0.2, 0.25) is 0 Å². The van der Waals surface area contributed by atoms with Crippen LogP contribution in [0.2, 0.25) is 0 Å². The molecular weight excluding hydrogens is 665 g/mol. The van der Waals surface area contributed by atoms with Crippen molar-refractivity contribution in [2.24, 2.45) is 17.8 Å². The molecule has 3 aromatic heterocycles. The first-order chi connectivity index (χ1) is 24.4. The molecule has 0 N–H and O–H groups in total. The topological polar surface area (TPSA) is 126 Å². The van der Waals surface area contributed by atoms with Gasteiger partial charge in [-0.3, -0.25) is 14.4 Å². The fourth-order valence-corrected chi connectivity index (χ4v) is 7.77. The summed E-state index contributed by atoms with van der Waals surface area (Å²) >= 11 is 0. The van der Waals surface area contributed by atoms with Gasteiger partial charge >= 0.3 is 35.0 Å². The van der Waals surface area contributed by atoms with Crippen molar-refractivity contribution in [3.8, 4) is 0 Å². The minimum atomic E-state index is -1.21. The molecule has 5 heterocycles. The van der Waals surface area contributed by atoms with Crippen LogP contribution < -0.4 is 25.7 Å². The molecular formula is C42H46MgN4O5-2. The standard InChI is InChI=1S/C42H47N4O5.Mg/c1-10-13-21(4)16-17-51-35(47)15-14-28-24(7)31-18-29-22(5)26(11-2)33(43-29)19-30-23(6)27(12-3)34(44-30)20-32-25(8)36-40(46-32)37(39(28)45-31)38(41(36)48)42(49)50-9;/h11,16,18-20,24,28,38H,2,10,12-15,17H2,1,3-9H3,(H-,45,46,48);/q-3;+2/p-1/b21-16-,30-19-,31-18-,34-20-;/t24-,28-,38+;/m0./s1. The van der Waals surface area contributed by atoms with Crippen LogP contribution in [0, 0.1) is 38.5 Å². The molecule has 8 bridgehead atoms. The molecule has 1 saturated heterocycles. The minimum absolute atomic E-state index is 0. The predicted molar refractivity (Wildman–Crippen MR) is 205 cm³/mol. The van der Waals surface area contributed by atoms with Crippen LogP contribution in [-0.4, -0.2) is 54.5 Å². The van der Waals surface area contributed by atoms with Gasteiger partial charge in [0.05, 0.1) is 7.11 Å². The second-order valence-corrected chi connectivity index (χ2v) is 13.8. The summed E-state index contributed by atoms with van der Waals surface area (Å²) in [5, 5.41) is 6.77. The Morgan fingerprint density at radius 1 is 0.942 bits per heavy atom. The average molecular weight is 711 g/mol. The molecule has 3 aromatic rings. The SMILES string of the molecule is C=Cc1c2[n-]c(c1C)/C=C1\[N-]/C(=C3\c4[n-]c(c(C)c4C(=O)[C@@H]3C(=O)OC)/C=c3\[n-]/c(c(C)c3CC)=C\2)[C@@H](CCC(=O)OC/C=C(/C)CCC)[C@@H]1C.[Mg+2]. The molecule has 1 aliphatic carbocycles. The zero-order chi connectivity index (χ0) is 36.7. The Morgan fingerprint density at radius 2 is 1.65 bits per heavy atom. The van der Waals surface area contributed by atoms with Crippen LogP contribution in [0.25, 0.3) is 35.2 Å². The van der Waals surface area contributed by atoms with E-state index < -0.39 is 11.9 Å². The normalized spacial score (nSPS) is 22.7. The van der Waals surface area contributed by atoms with Gasteiger partial charge in [-0.1, -0.05) is 91.5 Å². The molecule has 1 fully saturated rings. The molecule has 9 nitrogen and oxygen atoms in total. The van der Waals surface area contributed by atoms with E-state index in [1.54, 1.807) is 0 Å². The number of fused-ring (bicyclic) bond motifs is 7. The van der Waals surface area contributed by atoms with E-state index in [0.717, 1.165) is 69.3 Å². The van der Waals surface area contributed by atoms with Crippen molar-refractivity contribution >= 4 is 70.7 Å². The Labute approximate surface area is 321 Å². The molecule has 0 amide bonds. The number of carbonyl (C=O) groups excluding carboxylic acids is 3. The van der Waals surface area contributed by atoms with Crippen LogP contribution in [0.3, 0.4) is 0 Å². The fourth-order valence-electron chi connectivity index (χ4n) is 7.77. The number of esters is 2. The quantitative estimate of drug-likeness (QED) is 0.113. The number of aromatic nitrogens is 3. The number of ether oxygens (including phenoxy) is 2. The molecule has 2 aliphatic heterocycles. The van der Waals surface area contributed by atoms with Gasteiger partial charge in [-0.25, -0.2) is 0 Å². The Bertz CT molecular complexity index is 2170. The predicted octanol–water partition coefficient (Wildman–Crippen LogP) is 5.73. The van der Waals surface area contributed by atoms with Gasteiger partial charge in [-0.15, -0.1) is 33.5 Å². The Morgan fingerprint density at radius 3 is 2.33 bits per heavy atom. The van der Waals surface area contributed by atoms with E-state index in [9.17, 15) is 14.4 Å². The van der Waals surface area contributed by atoms with E-state index in [1.807, 2.05) is 51.2 Å². The van der Waals surface area contributed by atoms with Crippen molar-refractivity contribution in [3.05, 3.63) is 102 Å². The number of ketones is 1. The van der Waals surface area contributed by atoms with E-state index >= 15 is 0 Å². The molecule has 0 unspecified atom stereocenters. The van der Waals surface area contributed by atoms with Crippen molar-refractivity contribution < 1.29 is 23.9 Å². The van der Waals surface area contributed by atoms with Gasteiger partial charge in [0, 0.05) is 12.0 Å². The number of Topliss-reactive ketones (excluding diaryl/α,β-unsaturated/α-hetero) is 1. The Hall–Kier alpha value is -4.28. The van der Waals surface area contributed by atoms with Crippen LogP contribution in [0.15, 0.2) is 29.6 Å². The molecule has 6 rings (SSSR count). The molecule has 0 saturated carbocycles. The first kappa shape index (κ1) is 38.9. The summed E-state index contributed by atoms with van der Waals surface area (Å²) in [6.45, 7) is 18.5. The van der Waals surface area contributed by atoms with Gasteiger partial charge in [-0.2, -0.15) is 11.4 Å². The number of nitrogens with zero attached hydrogens (tertiary/aromatic N) is 4. The molecule has 52 heavy (non-hydrogen) atoms. The van der Waals surface area contributed by atoms with Crippen LogP contribution in [0.4, 0.5) is 0 Å². The molecule has 0 radical (unpaired) electrons. The number of hydrogen-bond donors (Lipinski definition) is 0. The third-order valence-corrected chi connectivity index (χ3v) is 10.7. The maximum Gasteiger partial charge on any atom is 2.00 e. The third kappa shape index (κ3) is 6.83. The van der Waals surface area contributed by atoms with Crippen LogP contribution in [0.5, 0.6) is 0 Å². The number of carbonyl (C=O) groups is 3. The van der Waals surface area contributed by atoms with E-state index in [2.05, 4.69) is 34.3 Å². The summed E-state index contributed by atoms with van der Waals surface area (Å²) < 4.78 is 10.8. The van der Waals surface area contributed by atoms with E-state index in [1.165, 1.54) is 12.7 Å². The first-order valence-electron chi connectivity index (χ1n) is 17.9. The van der Waals surface area contributed by atoms with Crippen molar-refractivity contribution in [2.75, 3.05) is 13.7 Å². The second-order valence-electron chi connectivity index (χ2n) is 13.8. The molecule has 268 valence electrons. The summed E-state index contributed by atoms with van der Waals surface area (Å²) in [7, 11) is 1.28. The van der Waals surface area contributed by atoms with Crippen LogP contribution >= 0.6 is 0 Å². The molecule has 3 atom stereocenters. The second kappa shape index (κ2) is 15.8. The fraction of sp³-hybridized carbons (Fsp3) is 0.405. The van der Waals surface area contributed by atoms with E-state index in [4.69, 9.17) is 29.7 Å². The molecule has 10 heteroatoms. The van der Waals surface area contributed by atoms with Crippen molar-refractivity contribution in [1.29, 1.82) is 0 Å². The van der Waals surface area contributed by atoms with Crippen LogP contribution in [0.1, 0.15) is 114 Å². The summed E-state index contributed by atoms with van der Waals surface area (Å²) in [6, 6.07) is 0. The minimum Gasteiger partial charge on any atom is -0.664 e. The van der Waals surface area contributed by atoms with E-state index in [-0.39, 0.29) is 59.7 Å². The summed E-state index contributed by atoms with van der Waals surface area (Å²) in [5.74, 6) is -3.04. The van der Waals surface area contributed by atoms with Gasteiger partial charge in [0.15, 0.2) is 5.78 Å². The number of rotatable bonds is 10. The van der Waals surface area contributed by atoms with Gasteiger partial charge in [0.1, 0.15) is 12.5 Å². The number of allylic oxidation sites excluding steroid dienone is 3. The van der Waals surface area contributed by atoms with Gasteiger partial charge in [-0.05, 0) is 70.4 Å². The molecule has 3 aliphatic rings. The monoisotopic (exact) mass is 710 g/mol.